The third-order valence-electron chi connectivity index (χ3n) is 5.74. The van der Waals surface area contributed by atoms with Crippen LogP contribution in [0.15, 0.2) is 115 Å². The van der Waals surface area contributed by atoms with Crippen LogP contribution in [0.5, 0.6) is 0 Å². The highest BCUT2D eigenvalue weighted by atomic mass is 14.9. The Labute approximate surface area is 186 Å². The number of pyridine rings is 1. The maximum Gasteiger partial charge on any atom is 0.161 e. The summed E-state index contributed by atoms with van der Waals surface area (Å²) < 4.78 is 0. The molecule has 0 amide bonds. The summed E-state index contributed by atoms with van der Waals surface area (Å²) >= 11 is 0. The number of nitrogens with zero attached hydrogens (tertiary/aromatic N) is 3. The number of fused-ring (bicyclic) bond motifs is 2. The van der Waals surface area contributed by atoms with Crippen LogP contribution in [0.1, 0.15) is 0 Å². The summed E-state index contributed by atoms with van der Waals surface area (Å²) in [5.41, 5.74) is 7.06. The predicted octanol–water partition coefficient (Wildman–Crippen LogP) is 7.18. The molecule has 0 N–H and O–H groups in total. The molecule has 0 unspecified atom stereocenters. The van der Waals surface area contributed by atoms with Crippen LogP contribution < -0.4 is 0 Å². The molecule has 6 rings (SSSR count). The summed E-state index contributed by atoms with van der Waals surface area (Å²) in [5.74, 6) is 0.714. The average Bonchev–Trinajstić information content (AvgIpc) is 2.88. The Bertz CT molecular complexity index is 1570. The highest BCUT2D eigenvalue weighted by molar-refractivity contribution is 6.02. The third-order valence-corrected chi connectivity index (χ3v) is 5.74. The Morgan fingerprint density at radius 2 is 1.22 bits per heavy atom. The number of benzene rings is 4. The van der Waals surface area contributed by atoms with Gasteiger partial charge in [0.25, 0.3) is 0 Å². The largest absolute Gasteiger partial charge is 0.256 e. The summed E-state index contributed by atoms with van der Waals surface area (Å²) in [5, 5.41) is 2.12. The second kappa shape index (κ2) is 7.71. The molecule has 2 aromatic heterocycles. The van der Waals surface area contributed by atoms with Gasteiger partial charge in [-0.25, -0.2) is 9.97 Å². The Balaban J connectivity index is 1.66. The molecule has 0 atom stereocenters. The number of rotatable bonds is 3. The number of hydrogen-bond acceptors (Lipinski definition) is 3. The summed E-state index contributed by atoms with van der Waals surface area (Å²) in [6.45, 7) is 0. The lowest BCUT2D eigenvalue weighted by Gasteiger charge is -2.13. The van der Waals surface area contributed by atoms with E-state index in [9.17, 15) is 0 Å². The second-order valence-electron chi connectivity index (χ2n) is 7.71. The summed E-state index contributed by atoms with van der Waals surface area (Å²) in [6, 6.07) is 37.2. The van der Waals surface area contributed by atoms with Crippen molar-refractivity contribution in [1.29, 1.82) is 0 Å². The predicted molar refractivity (Wildman–Crippen MR) is 131 cm³/mol. The Morgan fingerprint density at radius 1 is 0.500 bits per heavy atom. The van der Waals surface area contributed by atoms with Crippen molar-refractivity contribution in [3.63, 3.8) is 0 Å². The Morgan fingerprint density at radius 3 is 2.12 bits per heavy atom. The molecule has 3 heteroatoms. The number of aromatic nitrogens is 3. The topological polar surface area (TPSA) is 38.7 Å². The lowest BCUT2D eigenvalue weighted by atomic mass is 9.98. The van der Waals surface area contributed by atoms with Crippen molar-refractivity contribution in [2.24, 2.45) is 0 Å². The zero-order chi connectivity index (χ0) is 21.3. The van der Waals surface area contributed by atoms with Crippen molar-refractivity contribution < 1.29 is 0 Å². The van der Waals surface area contributed by atoms with Crippen LogP contribution in [0.3, 0.4) is 0 Å². The molecule has 0 saturated carbocycles. The van der Waals surface area contributed by atoms with Crippen LogP contribution in [-0.4, -0.2) is 15.0 Å². The van der Waals surface area contributed by atoms with Gasteiger partial charge in [-0.05, 0) is 23.3 Å². The Hall–Kier alpha value is -4.37. The fourth-order valence-electron chi connectivity index (χ4n) is 4.25. The quantitative estimate of drug-likeness (QED) is 0.311. The molecule has 3 nitrogen and oxygen atoms in total. The molecular formula is C29H19N3. The minimum Gasteiger partial charge on any atom is -0.256 e. The molecule has 150 valence electrons. The van der Waals surface area contributed by atoms with Gasteiger partial charge in [0.2, 0.25) is 0 Å². The lowest BCUT2D eigenvalue weighted by molar-refractivity contribution is 1.23. The normalized spacial score (nSPS) is 11.1. The Kier molecular flexibility index (Phi) is 4.43. The van der Waals surface area contributed by atoms with E-state index in [0.29, 0.717) is 5.82 Å². The van der Waals surface area contributed by atoms with E-state index in [4.69, 9.17) is 9.97 Å². The third kappa shape index (κ3) is 3.12. The first kappa shape index (κ1) is 18.4. The van der Waals surface area contributed by atoms with Crippen LogP contribution >= 0.6 is 0 Å². The monoisotopic (exact) mass is 409 g/mol. The van der Waals surface area contributed by atoms with Crippen LogP contribution in [0.25, 0.3) is 55.6 Å². The SMILES string of the molecule is c1ccc(-c2ccccc2-c2nc(-c3cccc4cccnc34)c3ccccc3n2)cc1. The number of para-hydroxylation sites is 2. The molecule has 0 aliphatic carbocycles. The van der Waals surface area contributed by atoms with Gasteiger partial charge in [0, 0.05) is 28.1 Å². The minimum atomic E-state index is 0.714. The number of hydrogen-bond donors (Lipinski definition) is 0. The van der Waals surface area contributed by atoms with Crippen LogP contribution in [-0.2, 0) is 0 Å². The average molecular weight is 409 g/mol. The minimum absolute atomic E-state index is 0.714. The van der Waals surface area contributed by atoms with Gasteiger partial charge in [0.1, 0.15) is 0 Å². The zero-order valence-corrected chi connectivity index (χ0v) is 17.3. The van der Waals surface area contributed by atoms with Crippen molar-refractivity contribution in [2.75, 3.05) is 0 Å². The fraction of sp³-hybridized carbons (Fsp3) is 0. The molecule has 32 heavy (non-hydrogen) atoms. The smallest absolute Gasteiger partial charge is 0.161 e. The van der Waals surface area contributed by atoms with Gasteiger partial charge in [-0.3, -0.25) is 4.98 Å². The molecule has 0 radical (unpaired) electrons. The van der Waals surface area contributed by atoms with Gasteiger partial charge in [-0.15, -0.1) is 0 Å². The highest BCUT2D eigenvalue weighted by Crippen LogP contribution is 2.35. The van der Waals surface area contributed by atoms with E-state index in [1.165, 1.54) is 0 Å². The van der Waals surface area contributed by atoms with E-state index < -0.39 is 0 Å². The molecule has 0 saturated heterocycles. The second-order valence-corrected chi connectivity index (χ2v) is 7.71. The molecule has 4 aromatic carbocycles. The van der Waals surface area contributed by atoms with Gasteiger partial charge < -0.3 is 0 Å². The van der Waals surface area contributed by atoms with Gasteiger partial charge in [0.05, 0.1) is 16.7 Å². The van der Waals surface area contributed by atoms with E-state index in [-0.39, 0.29) is 0 Å². The molecule has 0 fully saturated rings. The molecule has 0 aliphatic rings. The van der Waals surface area contributed by atoms with E-state index in [0.717, 1.165) is 49.8 Å². The van der Waals surface area contributed by atoms with Crippen molar-refractivity contribution >= 4 is 21.8 Å². The molecular weight excluding hydrogens is 390 g/mol. The van der Waals surface area contributed by atoms with Crippen molar-refractivity contribution in [3.8, 4) is 33.8 Å². The zero-order valence-electron chi connectivity index (χ0n) is 17.3. The molecule has 0 bridgehead atoms. The lowest BCUT2D eigenvalue weighted by Crippen LogP contribution is -1.97. The van der Waals surface area contributed by atoms with Crippen LogP contribution in [0.2, 0.25) is 0 Å². The molecule has 6 aromatic rings. The summed E-state index contributed by atoms with van der Waals surface area (Å²) in [6.07, 6.45) is 1.83. The molecule has 0 aliphatic heterocycles. The van der Waals surface area contributed by atoms with Gasteiger partial charge in [0.15, 0.2) is 5.82 Å². The van der Waals surface area contributed by atoms with Gasteiger partial charge >= 0.3 is 0 Å². The fourth-order valence-corrected chi connectivity index (χ4v) is 4.25. The van der Waals surface area contributed by atoms with E-state index >= 15 is 0 Å². The maximum atomic E-state index is 5.13. The van der Waals surface area contributed by atoms with E-state index in [1.807, 2.05) is 42.6 Å². The van der Waals surface area contributed by atoms with Crippen LogP contribution in [0.4, 0.5) is 0 Å². The molecule has 0 spiro atoms. The summed E-state index contributed by atoms with van der Waals surface area (Å²) in [7, 11) is 0. The van der Waals surface area contributed by atoms with Gasteiger partial charge in [-0.1, -0.05) is 97.1 Å². The maximum absolute atomic E-state index is 5.13. The first-order chi connectivity index (χ1) is 15.9. The van der Waals surface area contributed by atoms with E-state index in [1.54, 1.807) is 0 Å². The van der Waals surface area contributed by atoms with Crippen molar-refractivity contribution in [2.45, 2.75) is 0 Å². The van der Waals surface area contributed by atoms with Gasteiger partial charge in [-0.2, -0.15) is 0 Å². The first-order valence-electron chi connectivity index (χ1n) is 10.6. The molecule has 2 heterocycles. The van der Waals surface area contributed by atoms with Crippen molar-refractivity contribution in [3.05, 3.63) is 115 Å². The van der Waals surface area contributed by atoms with Crippen molar-refractivity contribution in [1.82, 2.24) is 15.0 Å². The first-order valence-corrected chi connectivity index (χ1v) is 10.6. The summed E-state index contributed by atoms with van der Waals surface area (Å²) in [4.78, 5) is 14.8. The van der Waals surface area contributed by atoms with Crippen LogP contribution in [0, 0.1) is 0 Å². The standard InChI is InChI=1S/C29H19N3/c1-2-10-20(11-3-1)22-14-4-5-15-23(22)29-31-26-18-7-6-16-24(26)28(32-29)25-17-8-12-21-13-9-19-30-27(21)25/h1-19H. The van der Waals surface area contributed by atoms with E-state index in [2.05, 4.69) is 77.8 Å². The highest BCUT2D eigenvalue weighted by Gasteiger charge is 2.16.